The zero-order chi connectivity index (χ0) is 16.8. The Kier molecular flexibility index (Phi) is 5.43. The fraction of sp³-hybridized carbons (Fsp3) is 0.368. The molecule has 1 aliphatic heterocycles. The molecule has 5 heteroatoms. The highest BCUT2D eigenvalue weighted by molar-refractivity contribution is 5.89. The van der Waals surface area contributed by atoms with E-state index in [4.69, 9.17) is 9.47 Å². The van der Waals surface area contributed by atoms with Crippen LogP contribution in [0.25, 0.3) is 10.9 Å². The first-order valence-corrected chi connectivity index (χ1v) is 8.33. The van der Waals surface area contributed by atoms with Crippen LogP contribution in [0.2, 0.25) is 0 Å². The molecule has 0 amide bonds. The van der Waals surface area contributed by atoms with Crippen molar-refractivity contribution in [2.24, 2.45) is 0 Å². The van der Waals surface area contributed by atoms with Gasteiger partial charge in [0.25, 0.3) is 0 Å². The zero-order valence-electron chi connectivity index (χ0n) is 13.9. The molecule has 0 spiro atoms. The molecule has 0 fully saturated rings. The molecule has 24 heavy (non-hydrogen) atoms. The van der Waals surface area contributed by atoms with E-state index in [9.17, 15) is 4.79 Å². The molecular formula is C19H22N2O3. The summed E-state index contributed by atoms with van der Waals surface area (Å²) in [4.78, 5) is 18.4. The number of nitrogens with zero attached hydrogens (tertiary/aromatic N) is 2. The fourth-order valence-electron chi connectivity index (χ4n) is 2.85. The number of ether oxygens (including phenoxy) is 2. The number of para-hydroxylation sites is 1. The van der Waals surface area contributed by atoms with Crippen molar-refractivity contribution in [1.82, 2.24) is 9.88 Å². The van der Waals surface area contributed by atoms with Crippen LogP contribution in [0, 0.1) is 0 Å². The second-order valence-corrected chi connectivity index (χ2v) is 5.69. The highest BCUT2D eigenvalue weighted by atomic mass is 16.5. The maximum Gasteiger partial charge on any atom is 0.334 e. The summed E-state index contributed by atoms with van der Waals surface area (Å²) in [6.45, 7) is 5.11. The van der Waals surface area contributed by atoms with E-state index in [0.29, 0.717) is 19.8 Å². The smallest absolute Gasteiger partial charge is 0.334 e. The van der Waals surface area contributed by atoms with Crippen LogP contribution in [0.3, 0.4) is 0 Å². The fourth-order valence-corrected chi connectivity index (χ4v) is 2.85. The SMILES string of the molecule is CCOC(=O)C1=CCCN(CCOc2cccc3cccnc23)C1. The number of rotatable bonds is 6. The summed E-state index contributed by atoms with van der Waals surface area (Å²) < 4.78 is 11.0. The van der Waals surface area contributed by atoms with Gasteiger partial charge in [0.1, 0.15) is 17.9 Å². The number of fused-ring (bicyclic) bond motifs is 1. The number of benzene rings is 1. The van der Waals surface area contributed by atoms with Gasteiger partial charge >= 0.3 is 5.97 Å². The number of aromatic nitrogens is 1. The van der Waals surface area contributed by atoms with Crippen molar-refractivity contribution in [3.8, 4) is 5.75 Å². The lowest BCUT2D eigenvalue weighted by atomic mass is 10.1. The minimum absolute atomic E-state index is 0.207. The second kappa shape index (κ2) is 7.93. The van der Waals surface area contributed by atoms with Crippen LogP contribution in [-0.4, -0.2) is 48.7 Å². The number of carbonyl (C=O) groups excluding carboxylic acids is 1. The third kappa shape index (κ3) is 3.92. The van der Waals surface area contributed by atoms with Crippen LogP contribution < -0.4 is 4.74 Å². The second-order valence-electron chi connectivity index (χ2n) is 5.69. The molecule has 0 saturated heterocycles. The van der Waals surface area contributed by atoms with Crippen LogP contribution in [0.1, 0.15) is 13.3 Å². The highest BCUT2D eigenvalue weighted by Gasteiger charge is 2.18. The van der Waals surface area contributed by atoms with Crippen LogP contribution in [0.15, 0.2) is 48.2 Å². The number of esters is 1. The van der Waals surface area contributed by atoms with Crippen molar-refractivity contribution < 1.29 is 14.3 Å². The Bertz CT molecular complexity index is 737. The first-order chi connectivity index (χ1) is 11.8. The van der Waals surface area contributed by atoms with E-state index in [1.165, 1.54) is 0 Å². The molecule has 0 radical (unpaired) electrons. The minimum atomic E-state index is -0.207. The minimum Gasteiger partial charge on any atom is -0.490 e. The van der Waals surface area contributed by atoms with Gasteiger partial charge in [0.05, 0.1) is 6.61 Å². The average molecular weight is 326 g/mol. The van der Waals surface area contributed by atoms with Gasteiger partial charge in [-0.3, -0.25) is 9.88 Å². The highest BCUT2D eigenvalue weighted by Crippen LogP contribution is 2.23. The Morgan fingerprint density at radius 3 is 3.04 bits per heavy atom. The average Bonchev–Trinajstić information content (AvgIpc) is 2.62. The maximum atomic E-state index is 11.8. The van der Waals surface area contributed by atoms with Gasteiger partial charge in [0, 0.05) is 36.8 Å². The Hall–Kier alpha value is -2.40. The van der Waals surface area contributed by atoms with Gasteiger partial charge in [-0.1, -0.05) is 24.3 Å². The van der Waals surface area contributed by atoms with Crippen LogP contribution in [0.4, 0.5) is 0 Å². The summed E-state index contributed by atoms with van der Waals surface area (Å²) in [6, 6.07) is 9.88. The van der Waals surface area contributed by atoms with Crippen molar-refractivity contribution in [2.45, 2.75) is 13.3 Å². The van der Waals surface area contributed by atoms with E-state index in [1.54, 1.807) is 6.20 Å². The molecular weight excluding hydrogens is 304 g/mol. The number of hydrogen-bond acceptors (Lipinski definition) is 5. The van der Waals surface area contributed by atoms with Crippen LogP contribution >= 0.6 is 0 Å². The van der Waals surface area contributed by atoms with Crippen molar-refractivity contribution in [3.63, 3.8) is 0 Å². The number of carbonyl (C=O) groups is 1. The van der Waals surface area contributed by atoms with E-state index in [-0.39, 0.29) is 5.97 Å². The van der Waals surface area contributed by atoms with E-state index < -0.39 is 0 Å². The van der Waals surface area contributed by atoms with Gasteiger partial charge in [-0.2, -0.15) is 0 Å². The molecule has 0 unspecified atom stereocenters. The van der Waals surface area contributed by atoms with Crippen molar-refractivity contribution in [1.29, 1.82) is 0 Å². The lowest BCUT2D eigenvalue weighted by Gasteiger charge is -2.26. The van der Waals surface area contributed by atoms with E-state index in [0.717, 1.165) is 41.7 Å². The third-order valence-corrected chi connectivity index (χ3v) is 4.03. The van der Waals surface area contributed by atoms with Gasteiger partial charge in [-0.05, 0) is 25.5 Å². The monoisotopic (exact) mass is 326 g/mol. The summed E-state index contributed by atoms with van der Waals surface area (Å²) in [5, 5.41) is 1.07. The maximum absolute atomic E-state index is 11.8. The van der Waals surface area contributed by atoms with E-state index >= 15 is 0 Å². The predicted molar refractivity (Wildman–Crippen MR) is 93.0 cm³/mol. The standard InChI is InChI=1S/C19H22N2O3/c1-2-23-19(22)16-8-5-11-21(14-16)12-13-24-17-9-3-6-15-7-4-10-20-18(15)17/h3-4,6-10H,2,5,11-14H2,1H3. The molecule has 5 nitrogen and oxygen atoms in total. The molecule has 0 aliphatic carbocycles. The lowest BCUT2D eigenvalue weighted by Crippen LogP contribution is -2.35. The van der Waals surface area contributed by atoms with Crippen LogP contribution in [0.5, 0.6) is 5.75 Å². The number of pyridine rings is 1. The molecule has 1 aliphatic rings. The van der Waals surface area contributed by atoms with Crippen molar-refractivity contribution >= 4 is 16.9 Å². The Labute approximate surface area is 141 Å². The molecule has 2 aromatic rings. The molecule has 1 aromatic heterocycles. The predicted octanol–water partition coefficient (Wildman–Crippen LogP) is 2.81. The Balaban J connectivity index is 1.55. The number of hydrogen-bond donors (Lipinski definition) is 0. The Morgan fingerprint density at radius 2 is 2.17 bits per heavy atom. The summed E-state index contributed by atoms with van der Waals surface area (Å²) in [5.74, 6) is 0.590. The molecule has 126 valence electrons. The molecule has 0 N–H and O–H groups in total. The summed E-state index contributed by atoms with van der Waals surface area (Å²) in [5.41, 5.74) is 1.63. The van der Waals surface area contributed by atoms with Gasteiger partial charge in [0.15, 0.2) is 0 Å². The lowest BCUT2D eigenvalue weighted by molar-refractivity contribution is -0.138. The van der Waals surface area contributed by atoms with Gasteiger partial charge in [-0.25, -0.2) is 4.79 Å². The third-order valence-electron chi connectivity index (χ3n) is 4.03. The van der Waals surface area contributed by atoms with Crippen LogP contribution in [-0.2, 0) is 9.53 Å². The van der Waals surface area contributed by atoms with Gasteiger partial charge in [0.2, 0.25) is 0 Å². The zero-order valence-corrected chi connectivity index (χ0v) is 13.9. The van der Waals surface area contributed by atoms with E-state index in [1.807, 2.05) is 43.3 Å². The molecule has 0 atom stereocenters. The molecule has 2 heterocycles. The van der Waals surface area contributed by atoms with Gasteiger partial charge < -0.3 is 9.47 Å². The topological polar surface area (TPSA) is 51.7 Å². The first-order valence-electron chi connectivity index (χ1n) is 8.33. The van der Waals surface area contributed by atoms with Crippen molar-refractivity contribution in [3.05, 3.63) is 48.2 Å². The molecule has 3 rings (SSSR count). The normalized spacial score (nSPS) is 15.1. The molecule has 1 aromatic carbocycles. The summed E-state index contributed by atoms with van der Waals surface area (Å²) in [6.07, 6.45) is 4.62. The molecule has 0 saturated carbocycles. The Morgan fingerprint density at radius 1 is 1.29 bits per heavy atom. The molecule has 0 bridgehead atoms. The quantitative estimate of drug-likeness (QED) is 0.764. The summed E-state index contributed by atoms with van der Waals surface area (Å²) in [7, 11) is 0. The van der Waals surface area contributed by atoms with Gasteiger partial charge in [-0.15, -0.1) is 0 Å². The van der Waals surface area contributed by atoms with Crippen molar-refractivity contribution in [2.75, 3.05) is 32.8 Å². The summed E-state index contributed by atoms with van der Waals surface area (Å²) >= 11 is 0. The first kappa shape index (κ1) is 16.5. The largest absolute Gasteiger partial charge is 0.490 e. The van der Waals surface area contributed by atoms with E-state index in [2.05, 4.69) is 9.88 Å².